The number of nitrogens with zero attached hydrogens (tertiary/aromatic N) is 2. The molecule has 0 saturated heterocycles. The summed E-state index contributed by atoms with van der Waals surface area (Å²) >= 11 is 7.47. The van der Waals surface area contributed by atoms with Crippen molar-refractivity contribution in [3.05, 3.63) is 41.2 Å². The van der Waals surface area contributed by atoms with Crippen molar-refractivity contribution < 1.29 is 9.90 Å². The van der Waals surface area contributed by atoms with Crippen molar-refractivity contribution in [3.63, 3.8) is 0 Å². The predicted molar refractivity (Wildman–Crippen MR) is 75.8 cm³/mol. The number of halogens is 1. The van der Waals surface area contributed by atoms with Gasteiger partial charge < -0.3 is 5.11 Å². The molecular formula is C13H11ClN2O2S. The molecule has 0 amide bonds. The Hall–Kier alpha value is -1.59. The summed E-state index contributed by atoms with van der Waals surface area (Å²) in [6.45, 7) is 2.08. The number of hydrogen-bond acceptors (Lipinski definition) is 4. The number of thioether (sulfide) groups is 1. The topological polar surface area (TPSA) is 63.1 Å². The first-order valence-electron chi connectivity index (χ1n) is 5.61. The normalized spacial score (nSPS) is 10.4. The largest absolute Gasteiger partial charge is 0.476 e. The van der Waals surface area contributed by atoms with Gasteiger partial charge >= 0.3 is 5.97 Å². The third kappa shape index (κ3) is 3.24. The molecule has 0 radical (unpaired) electrons. The fourth-order valence-electron chi connectivity index (χ4n) is 1.52. The van der Waals surface area contributed by atoms with Crippen LogP contribution in [0.2, 0.25) is 5.02 Å². The van der Waals surface area contributed by atoms with Crippen LogP contribution in [0.3, 0.4) is 0 Å². The van der Waals surface area contributed by atoms with Crippen LogP contribution in [0.25, 0.3) is 11.4 Å². The molecule has 0 aliphatic rings. The monoisotopic (exact) mass is 294 g/mol. The Labute approximate surface area is 119 Å². The highest BCUT2D eigenvalue weighted by Crippen LogP contribution is 2.23. The number of rotatable bonds is 4. The van der Waals surface area contributed by atoms with Crippen molar-refractivity contribution in [2.24, 2.45) is 0 Å². The third-order valence-corrected chi connectivity index (χ3v) is 3.54. The number of carboxylic acids is 1. The Bertz CT molecular complexity index is 602. The first-order chi connectivity index (χ1) is 9.11. The van der Waals surface area contributed by atoms with Crippen LogP contribution in [0.15, 0.2) is 35.4 Å². The average molecular weight is 295 g/mol. The summed E-state index contributed by atoms with van der Waals surface area (Å²) in [5, 5.41) is 9.01. The quantitative estimate of drug-likeness (QED) is 0.873. The molecule has 6 heteroatoms. The van der Waals surface area contributed by atoms with E-state index in [1.807, 2.05) is 24.3 Å². The summed E-state index contributed by atoms with van der Waals surface area (Å²) in [6.07, 6.45) is 1.31. The lowest BCUT2D eigenvalue weighted by Crippen LogP contribution is -2.03. The summed E-state index contributed by atoms with van der Waals surface area (Å²) in [6, 6.07) is 7.66. The van der Waals surface area contributed by atoms with Crippen molar-refractivity contribution in [2.75, 3.05) is 5.75 Å². The highest BCUT2D eigenvalue weighted by molar-refractivity contribution is 7.99. The van der Waals surface area contributed by atoms with E-state index < -0.39 is 5.97 Å². The maximum absolute atomic E-state index is 11.0. The Morgan fingerprint density at radius 2 is 2.05 bits per heavy atom. The Kier molecular flexibility index (Phi) is 4.39. The van der Waals surface area contributed by atoms with Gasteiger partial charge in [0.25, 0.3) is 0 Å². The van der Waals surface area contributed by atoms with E-state index in [0.29, 0.717) is 5.82 Å². The zero-order chi connectivity index (χ0) is 13.8. The van der Waals surface area contributed by atoms with Gasteiger partial charge in [-0.2, -0.15) is 0 Å². The van der Waals surface area contributed by atoms with Crippen molar-refractivity contribution in [2.45, 2.75) is 11.8 Å². The van der Waals surface area contributed by atoms with Gasteiger partial charge in [0, 0.05) is 10.5 Å². The van der Waals surface area contributed by atoms with Crippen LogP contribution >= 0.6 is 23.4 Å². The van der Waals surface area contributed by atoms with Gasteiger partial charge in [-0.05, 0) is 17.9 Å². The molecule has 0 unspecified atom stereocenters. The lowest BCUT2D eigenvalue weighted by atomic mass is 10.2. The molecule has 4 nitrogen and oxygen atoms in total. The number of aromatic nitrogens is 2. The zero-order valence-corrected chi connectivity index (χ0v) is 11.7. The van der Waals surface area contributed by atoms with E-state index in [-0.39, 0.29) is 10.7 Å². The standard InChI is InChI=1S/C13H11ClN2O2S/c1-2-19-9-5-3-8(4-6-9)12-15-7-10(14)11(16-12)13(17)18/h3-7H,2H2,1H3,(H,17,18). The number of carbonyl (C=O) groups is 1. The first-order valence-corrected chi connectivity index (χ1v) is 6.97. The highest BCUT2D eigenvalue weighted by Gasteiger charge is 2.13. The summed E-state index contributed by atoms with van der Waals surface area (Å²) in [5.41, 5.74) is 0.582. The summed E-state index contributed by atoms with van der Waals surface area (Å²) < 4.78 is 0. The van der Waals surface area contributed by atoms with Gasteiger partial charge in [-0.1, -0.05) is 30.7 Å². The maximum Gasteiger partial charge on any atom is 0.356 e. The molecule has 0 bridgehead atoms. The molecule has 2 aromatic rings. The van der Waals surface area contributed by atoms with E-state index in [2.05, 4.69) is 16.9 Å². The maximum atomic E-state index is 11.0. The SMILES string of the molecule is CCSc1ccc(-c2ncc(Cl)c(C(=O)O)n2)cc1. The van der Waals surface area contributed by atoms with Crippen LogP contribution in [-0.4, -0.2) is 26.8 Å². The van der Waals surface area contributed by atoms with Crippen molar-refractivity contribution in [1.82, 2.24) is 9.97 Å². The molecule has 2 rings (SSSR count). The van der Waals surface area contributed by atoms with Crippen molar-refractivity contribution in [1.29, 1.82) is 0 Å². The second-order valence-electron chi connectivity index (χ2n) is 3.65. The van der Waals surface area contributed by atoms with E-state index in [1.165, 1.54) is 6.20 Å². The van der Waals surface area contributed by atoms with Crippen molar-refractivity contribution in [3.8, 4) is 11.4 Å². The van der Waals surface area contributed by atoms with Gasteiger partial charge in [-0.25, -0.2) is 14.8 Å². The molecule has 0 saturated carbocycles. The van der Waals surface area contributed by atoms with Gasteiger partial charge in [0.1, 0.15) is 0 Å². The molecule has 0 fully saturated rings. The minimum Gasteiger partial charge on any atom is -0.476 e. The lowest BCUT2D eigenvalue weighted by Gasteiger charge is -2.04. The molecule has 98 valence electrons. The van der Waals surface area contributed by atoms with Gasteiger partial charge in [-0.15, -0.1) is 11.8 Å². The number of benzene rings is 1. The molecule has 1 heterocycles. The molecular weight excluding hydrogens is 284 g/mol. The Morgan fingerprint density at radius 1 is 1.37 bits per heavy atom. The minimum atomic E-state index is -1.16. The van der Waals surface area contributed by atoms with Crippen LogP contribution in [0.5, 0.6) is 0 Å². The second kappa shape index (κ2) is 6.04. The van der Waals surface area contributed by atoms with Crippen LogP contribution in [-0.2, 0) is 0 Å². The lowest BCUT2D eigenvalue weighted by molar-refractivity contribution is 0.0690. The summed E-state index contributed by atoms with van der Waals surface area (Å²) in [7, 11) is 0. The van der Waals surface area contributed by atoms with Crippen LogP contribution in [0, 0.1) is 0 Å². The van der Waals surface area contributed by atoms with E-state index in [0.717, 1.165) is 16.2 Å². The molecule has 0 aliphatic heterocycles. The number of carboxylic acid groups (broad SMARTS) is 1. The third-order valence-electron chi connectivity index (χ3n) is 2.37. The second-order valence-corrected chi connectivity index (χ2v) is 5.40. The minimum absolute atomic E-state index is 0.0365. The number of hydrogen-bond donors (Lipinski definition) is 1. The highest BCUT2D eigenvalue weighted by atomic mass is 35.5. The van der Waals surface area contributed by atoms with E-state index in [4.69, 9.17) is 16.7 Å². The fraction of sp³-hybridized carbons (Fsp3) is 0.154. The summed E-state index contributed by atoms with van der Waals surface area (Å²) in [5.74, 6) is 0.196. The zero-order valence-electron chi connectivity index (χ0n) is 10.1. The Morgan fingerprint density at radius 3 is 2.63 bits per heavy atom. The first kappa shape index (κ1) is 13.8. The van der Waals surface area contributed by atoms with Crippen LogP contribution < -0.4 is 0 Å². The molecule has 0 atom stereocenters. The summed E-state index contributed by atoms with van der Waals surface area (Å²) in [4.78, 5) is 20.1. The number of aromatic carboxylic acids is 1. The van der Waals surface area contributed by atoms with E-state index in [9.17, 15) is 4.79 Å². The average Bonchev–Trinajstić information content (AvgIpc) is 2.40. The fourth-order valence-corrected chi connectivity index (χ4v) is 2.36. The van der Waals surface area contributed by atoms with Gasteiger partial charge in [0.05, 0.1) is 11.2 Å². The van der Waals surface area contributed by atoms with Gasteiger partial charge in [0.15, 0.2) is 11.5 Å². The molecule has 19 heavy (non-hydrogen) atoms. The molecule has 1 N–H and O–H groups in total. The van der Waals surface area contributed by atoms with Gasteiger partial charge in [0.2, 0.25) is 0 Å². The Balaban J connectivity index is 2.36. The van der Waals surface area contributed by atoms with E-state index >= 15 is 0 Å². The van der Waals surface area contributed by atoms with Crippen LogP contribution in [0.1, 0.15) is 17.4 Å². The molecule has 1 aromatic heterocycles. The van der Waals surface area contributed by atoms with Crippen LogP contribution in [0.4, 0.5) is 0 Å². The molecule has 0 spiro atoms. The van der Waals surface area contributed by atoms with Crippen molar-refractivity contribution >= 4 is 29.3 Å². The van der Waals surface area contributed by atoms with E-state index in [1.54, 1.807) is 11.8 Å². The smallest absolute Gasteiger partial charge is 0.356 e. The molecule has 1 aromatic carbocycles. The predicted octanol–water partition coefficient (Wildman–Crippen LogP) is 3.61. The molecule has 0 aliphatic carbocycles. The van der Waals surface area contributed by atoms with Gasteiger partial charge in [-0.3, -0.25) is 0 Å².